The fraction of sp³-hybridized carbons (Fsp3) is 0.250. The molecule has 0 fully saturated rings. The maximum atomic E-state index is 12.8. The maximum absolute atomic E-state index is 12.8. The molecule has 3 rings (SSSR count). The average molecular weight is 403 g/mol. The molecule has 8 heteroatoms. The highest BCUT2D eigenvalue weighted by Crippen LogP contribution is 2.07. The molecule has 0 bridgehead atoms. The second-order valence-corrected chi connectivity index (χ2v) is 6.31. The zero-order chi connectivity index (χ0) is 19.2. The van der Waals surface area contributed by atoms with Crippen molar-refractivity contribution in [3.05, 3.63) is 81.0 Å². The molecule has 0 aliphatic heterocycles. The number of hydrogen-bond acceptors (Lipinski definition) is 4. The van der Waals surface area contributed by atoms with Gasteiger partial charge in [0.15, 0.2) is 0 Å². The van der Waals surface area contributed by atoms with E-state index in [0.717, 1.165) is 10.1 Å². The van der Waals surface area contributed by atoms with Gasteiger partial charge in [0.25, 0.3) is 5.56 Å². The van der Waals surface area contributed by atoms with Gasteiger partial charge in [-0.15, -0.1) is 12.4 Å². The molecule has 1 aromatic heterocycles. The maximum Gasteiger partial charge on any atom is 0.329 e. The van der Waals surface area contributed by atoms with Gasteiger partial charge in [-0.25, -0.2) is 4.79 Å². The molecule has 0 saturated heterocycles. The molecule has 0 aliphatic rings. The summed E-state index contributed by atoms with van der Waals surface area (Å²) in [5.74, 6) is -0.296. The van der Waals surface area contributed by atoms with Crippen LogP contribution >= 0.6 is 12.4 Å². The second kappa shape index (κ2) is 9.87. The van der Waals surface area contributed by atoms with Gasteiger partial charge >= 0.3 is 5.69 Å². The van der Waals surface area contributed by atoms with E-state index in [1.165, 1.54) is 0 Å². The van der Waals surface area contributed by atoms with E-state index < -0.39 is 11.2 Å². The van der Waals surface area contributed by atoms with Crippen LogP contribution in [0.5, 0.6) is 0 Å². The van der Waals surface area contributed by atoms with Crippen LogP contribution < -0.4 is 17.0 Å². The van der Waals surface area contributed by atoms with Gasteiger partial charge in [0.1, 0.15) is 6.54 Å². The Morgan fingerprint density at radius 3 is 2.43 bits per heavy atom. The molecule has 7 nitrogen and oxygen atoms in total. The summed E-state index contributed by atoms with van der Waals surface area (Å²) in [6, 6.07) is 16.3. The second-order valence-electron chi connectivity index (χ2n) is 6.31. The Kier molecular flexibility index (Phi) is 7.54. The molecule has 1 amide bonds. The molecule has 3 N–H and O–H groups in total. The molecular weight excluding hydrogens is 380 g/mol. The molecular formula is C20H23ClN4O3. The van der Waals surface area contributed by atoms with Crippen LogP contribution in [-0.4, -0.2) is 33.4 Å². The van der Waals surface area contributed by atoms with Gasteiger partial charge in [0, 0.05) is 13.1 Å². The van der Waals surface area contributed by atoms with Gasteiger partial charge in [-0.1, -0.05) is 42.5 Å². The topological polar surface area (TPSA) is 101 Å². The van der Waals surface area contributed by atoms with E-state index in [0.29, 0.717) is 37.0 Å². The summed E-state index contributed by atoms with van der Waals surface area (Å²) in [5, 5.41) is 0.376. The first-order chi connectivity index (χ1) is 13.1. The van der Waals surface area contributed by atoms with Crippen molar-refractivity contribution in [2.45, 2.75) is 19.5 Å². The van der Waals surface area contributed by atoms with Crippen LogP contribution in [0, 0.1) is 0 Å². The van der Waals surface area contributed by atoms with Crippen LogP contribution in [0.2, 0.25) is 0 Å². The van der Waals surface area contributed by atoms with E-state index >= 15 is 0 Å². The minimum Gasteiger partial charge on any atom is -0.337 e. The van der Waals surface area contributed by atoms with E-state index in [1.807, 2.05) is 30.3 Å². The normalized spacial score (nSPS) is 10.5. The Bertz CT molecular complexity index is 1050. The highest BCUT2D eigenvalue weighted by Gasteiger charge is 2.17. The summed E-state index contributed by atoms with van der Waals surface area (Å²) >= 11 is 0. The third-order valence-corrected chi connectivity index (χ3v) is 4.38. The first kappa shape index (κ1) is 21.4. The summed E-state index contributed by atoms with van der Waals surface area (Å²) in [6.45, 7) is 1.01. The summed E-state index contributed by atoms with van der Waals surface area (Å²) < 4.78 is 0.950. The lowest BCUT2D eigenvalue weighted by Gasteiger charge is -2.23. The van der Waals surface area contributed by atoms with Crippen molar-refractivity contribution in [1.82, 2.24) is 14.5 Å². The number of nitrogens with two attached hydrogens (primary N) is 1. The molecule has 28 heavy (non-hydrogen) atoms. The number of rotatable bonds is 7. The molecule has 0 unspecified atom stereocenters. The monoisotopic (exact) mass is 402 g/mol. The van der Waals surface area contributed by atoms with E-state index in [4.69, 9.17) is 5.73 Å². The number of carbonyl (C=O) groups is 1. The zero-order valence-electron chi connectivity index (χ0n) is 15.3. The van der Waals surface area contributed by atoms with Crippen molar-refractivity contribution in [2.24, 2.45) is 5.73 Å². The first-order valence-corrected chi connectivity index (χ1v) is 8.84. The van der Waals surface area contributed by atoms with Crippen LogP contribution in [0.15, 0.2) is 64.2 Å². The number of para-hydroxylation sites is 1. The number of H-pyrrole nitrogens is 1. The Morgan fingerprint density at radius 2 is 1.71 bits per heavy atom. The lowest BCUT2D eigenvalue weighted by molar-refractivity contribution is -0.132. The van der Waals surface area contributed by atoms with Crippen LogP contribution in [-0.2, 0) is 17.9 Å². The van der Waals surface area contributed by atoms with Crippen molar-refractivity contribution in [1.29, 1.82) is 0 Å². The number of fused-ring (bicyclic) bond motifs is 1. The number of nitrogens with zero attached hydrogens (tertiary/aromatic N) is 2. The van der Waals surface area contributed by atoms with Gasteiger partial charge in [0.05, 0.1) is 10.9 Å². The average Bonchev–Trinajstić information content (AvgIpc) is 2.69. The van der Waals surface area contributed by atoms with Crippen molar-refractivity contribution in [3.63, 3.8) is 0 Å². The first-order valence-electron chi connectivity index (χ1n) is 8.84. The van der Waals surface area contributed by atoms with E-state index in [2.05, 4.69) is 4.98 Å². The zero-order valence-corrected chi connectivity index (χ0v) is 16.2. The van der Waals surface area contributed by atoms with Crippen molar-refractivity contribution < 1.29 is 4.79 Å². The number of benzene rings is 2. The van der Waals surface area contributed by atoms with Gasteiger partial charge in [0.2, 0.25) is 5.91 Å². The summed E-state index contributed by atoms with van der Waals surface area (Å²) in [6.07, 6.45) is 0.640. The van der Waals surface area contributed by atoms with Gasteiger partial charge < -0.3 is 15.6 Å². The number of carbonyl (C=O) groups excluding carboxylic acids is 1. The third-order valence-electron chi connectivity index (χ3n) is 4.38. The lowest BCUT2D eigenvalue weighted by atomic mass is 10.2. The lowest BCUT2D eigenvalue weighted by Crippen LogP contribution is -2.42. The van der Waals surface area contributed by atoms with Crippen molar-refractivity contribution >= 4 is 29.2 Å². The van der Waals surface area contributed by atoms with Crippen molar-refractivity contribution in [3.8, 4) is 0 Å². The summed E-state index contributed by atoms with van der Waals surface area (Å²) in [5.41, 5.74) is 5.96. The molecule has 0 spiro atoms. The molecule has 2 aromatic carbocycles. The van der Waals surface area contributed by atoms with Gasteiger partial charge in [-0.2, -0.15) is 0 Å². The Hall–Kier alpha value is -2.90. The largest absolute Gasteiger partial charge is 0.337 e. The molecule has 0 radical (unpaired) electrons. The highest BCUT2D eigenvalue weighted by atomic mass is 35.5. The molecule has 148 valence electrons. The van der Waals surface area contributed by atoms with Crippen LogP contribution in [0.4, 0.5) is 0 Å². The number of halogens is 1. The molecule has 1 heterocycles. The minimum atomic E-state index is -0.592. The standard InChI is InChI=1S/C20H22N4O3.ClH/c21-11-6-12-23(13-15-7-2-1-3-8-15)18(25)14-24-19(26)16-9-4-5-10-17(16)22-20(24)27;/h1-5,7-10H,6,11-14,21H2,(H,22,27);1H. The summed E-state index contributed by atoms with van der Waals surface area (Å²) in [4.78, 5) is 42.1. The third kappa shape index (κ3) is 4.88. The fourth-order valence-corrected chi connectivity index (χ4v) is 2.96. The summed E-state index contributed by atoms with van der Waals surface area (Å²) in [7, 11) is 0. The molecule has 0 atom stereocenters. The van der Waals surface area contributed by atoms with Gasteiger partial charge in [-0.3, -0.25) is 14.2 Å². The van der Waals surface area contributed by atoms with E-state index in [9.17, 15) is 14.4 Å². The molecule has 0 aliphatic carbocycles. The smallest absolute Gasteiger partial charge is 0.329 e. The molecule has 3 aromatic rings. The predicted molar refractivity (Wildman–Crippen MR) is 112 cm³/mol. The minimum absolute atomic E-state index is 0. The Morgan fingerprint density at radius 1 is 1.04 bits per heavy atom. The molecule has 0 saturated carbocycles. The van der Waals surface area contributed by atoms with Crippen LogP contribution in [0.3, 0.4) is 0 Å². The number of amides is 1. The van der Waals surface area contributed by atoms with Crippen LogP contribution in [0.25, 0.3) is 10.9 Å². The van der Waals surface area contributed by atoms with E-state index in [1.54, 1.807) is 29.2 Å². The highest BCUT2D eigenvalue weighted by molar-refractivity contribution is 5.85. The Balaban J connectivity index is 0.00000280. The fourth-order valence-electron chi connectivity index (χ4n) is 2.96. The van der Waals surface area contributed by atoms with Crippen LogP contribution in [0.1, 0.15) is 12.0 Å². The predicted octanol–water partition coefficient (Wildman–Crippen LogP) is 1.49. The van der Waals surface area contributed by atoms with Gasteiger partial charge in [-0.05, 0) is 30.7 Å². The Labute approximate surface area is 168 Å². The number of nitrogens with one attached hydrogen (secondary N) is 1. The number of aromatic nitrogens is 2. The van der Waals surface area contributed by atoms with Crippen molar-refractivity contribution in [2.75, 3.05) is 13.1 Å². The van der Waals surface area contributed by atoms with E-state index in [-0.39, 0.29) is 24.9 Å². The number of hydrogen-bond donors (Lipinski definition) is 2. The quantitative estimate of drug-likeness (QED) is 0.625. The number of aromatic amines is 1. The SMILES string of the molecule is Cl.NCCCN(Cc1ccccc1)C(=O)Cn1c(=O)[nH]c2ccccc2c1=O.